The van der Waals surface area contributed by atoms with E-state index in [1.807, 2.05) is 0 Å². The molecular weight excluding hydrogens is 282 g/mol. The Balaban J connectivity index is 3.35. The van der Waals surface area contributed by atoms with Crippen LogP contribution in [0.5, 0.6) is 17.2 Å². The summed E-state index contributed by atoms with van der Waals surface area (Å²) in [7, 11) is 3.11. The third-order valence-corrected chi connectivity index (χ3v) is 3.87. The van der Waals surface area contributed by atoms with Crippen LogP contribution in [0, 0.1) is 0 Å². The molecule has 114 valence electrons. The number of ether oxygens (including phenoxy) is 3. The summed E-state index contributed by atoms with van der Waals surface area (Å²) >= 11 is 0. The van der Waals surface area contributed by atoms with Crippen molar-refractivity contribution in [3.05, 3.63) is 17.7 Å². The SMILES string of the molecule is CNC(CS(C)(=O)=O)c1ccc(OC)c(OC)c1OC. The van der Waals surface area contributed by atoms with Gasteiger partial charge in [0.15, 0.2) is 11.5 Å². The van der Waals surface area contributed by atoms with Crippen molar-refractivity contribution < 1.29 is 22.6 Å². The van der Waals surface area contributed by atoms with E-state index in [4.69, 9.17) is 14.2 Å². The standard InChI is InChI=1S/C13H21NO5S/c1-14-10(8-20(5,15)16)9-6-7-11(17-2)13(19-4)12(9)18-3/h6-7,10,14H,8H2,1-5H3. The maximum absolute atomic E-state index is 11.5. The van der Waals surface area contributed by atoms with Gasteiger partial charge in [-0.2, -0.15) is 0 Å². The maximum atomic E-state index is 11.5. The van der Waals surface area contributed by atoms with Crippen LogP contribution in [0.2, 0.25) is 0 Å². The van der Waals surface area contributed by atoms with Gasteiger partial charge >= 0.3 is 0 Å². The fourth-order valence-electron chi connectivity index (χ4n) is 2.03. The van der Waals surface area contributed by atoms with Gasteiger partial charge in [0.1, 0.15) is 9.84 Å². The lowest BCUT2D eigenvalue weighted by Gasteiger charge is -2.21. The fourth-order valence-corrected chi connectivity index (χ4v) is 2.98. The van der Waals surface area contributed by atoms with Gasteiger partial charge in [-0.15, -0.1) is 0 Å². The quantitative estimate of drug-likeness (QED) is 0.810. The van der Waals surface area contributed by atoms with E-state index in [2.05, 4.69) is 5.32 Å². The summed E-state index contributed by atoms with van der Waals surface area (Å²) in [6.07, 6.45) is 1.20. The van der Waals surface area contributed by atoms with Crippen molar-refractivity contribution in [1.29, 1.82) is 0 Å². The van der Waals surface area contributed by atoms with Crippen LogP contribution >= 0.6 is 0 Å². The van der Waals surface area contributed by atoms with Gasteiger partial charge in [-0.25, -0.2) is 8.42 Å². The monoisotopic (exact) mass is 303 g/mol. The molecule has 0 saturated heterocycles. The van der Waals surface area contributed by atoms with Gasteiger partial charge in [-0.1, -0.05) is 0 Å². The highest BCUT2D eigenvalue weighted by molar-refractivity contribution is 7.90. The van der Waals surface area contributed by atoms with E-state index in [1.165, 1.54) is 27.6 Å². The van der Waals surface area contributed by atoms with Crippen LogP contribution < -0.4 is 19.5 Å². The Kier molecular flexibility index (Phi) is 5.64. The third-order valence-electron chi connectivity index (χ3n) is 2.93. The highest BCUT2D eigenvalue weighted by Gasteiger charge is 2.23. The molecule has 0 aliphatic heterocycles. The number of hydrogen-bond acceptors (Lipinski definition) is 6. The Bertz CT molecular complexity index is 556. The van der Waals surface area contributed by atoms with Crippen LogP contribution in [0.25, 0.3) is 0 Å². The van der Waals surface area contributed by atoms with E-state index in [0.29, 0.717) is 22.8 Å². The van der Waals surface area contributed by atoms with Crippen molar-refractivity contribution in [2.75, 3.05) is 40.4 Å². The molecule has 1 rings (SSSR count). The van der Waals surface area contributed by atoms with Crippen molar-refractivity contribution >= 4 is 9.84 Å². The molecule has 20 heavy (non-hydrogen) atoms. The zero-order valence-electron chi connectivity index (χ0n) is 12.4. The van der Waals surface area contributed by atoms with Crippen molar-refractivity contribution in [3.8, 4) is 17.2 Å². The molecule has 0 aromatic heterocycles. The lowest BCUT2D eigenvalue weighted by molar-refractivity contribution is 0.320. The first-order valence-electron chi connectivity index (χ1n) is 6.01. The molecule has 1 atom stereocenters. The molecule has 0 bridgehead atoms. The van der Waals surface area contributed by atoms with Gasteiger partial charge in [0.25, 0.3) is 0 Å². The molecule has 0 aliphatic rings. The lowest BCUT2D eigenvalue weighted by atomic mass is 10.1. The maximum Gasteiger partial charge on any atom is 0.203 e. The molecular formula is C13H21NO5S. The molecule has 0 saturated carbocycles. The van der Waals surface area contributed by atoms with Crippen LogP contribution in [0.4, 0.5) is 0 Å². The molecule has 1 N–H and O–H groups in total. The Morgan fingerprint density at radius 2 is 1.70 bits per heavy atom. The Morgan fingerprint density at radius 1 is 1.10 bits per heavy atom. The van der Waals surface area contributed by atoms with Gasteiger partial charge in [0.05, 0.1) is 27.1 Å². The Hall–Kier alpha value is -1.47. The molecule has 7 heteroatoms. The average molecular weight is 303 g/mol. The normalized spacial score (nSPS) is 12.8. The molecule has 0 amide bonds. The predicted molar refractivity (Wildman–Crippen MR) is 77.6 cm³/mol. The van der Waals surface area contributed by atoms with E-state index in [1.54, 1.807) is 19.2 Å². The second-order valence-electron chi connectivity index (χ2n) is 4.36. The number of nitrogens with one attached hydrogen (secondary N) is 1. The topological polar surface area (TPSA) is 73.9 Å². The number of benzene rings is 1. The summed E-state index contributed by atoms with van der Waals surface area (Å²) in [6.45, 7) is 0. The molecule has 1 aromatic rings. The second kappa shape index (κ2) is 6.81. The molecule has 0 radical (unpaired) electrons. The first-order valence-corrected chi connectivity index (χ1v) is 8.07. The highest BCUT2D eigenvalue weighted by atomic mass is 32.2. The summed E-state index contributed by atoms with van der Waals surface area (Å²) in [6, 6.07) is 3.11. The number of rotatable bonds is 7. The van der Waals surface area contributed by atoms with Crippen LogP contribution in [0.15, 0.2) is 12.1 Å². The minimum Gasteiger partial charge on any atom is -0.493 e. The minimum absolute atomic E-state index is 0.0324. The van der Waals surface area contributed by atoms with E-state index >= 15 is 0 Å². The molecule has 6 nitrogen and oxygen atoms in total. The largest absolute Gasteiger partial charge is 0.493 e. The van der Waals surface area contributed by atoms with Gasteiger partial charge in [-0.3, -0.25) is 0 Å². The first kappa shape index (κ1) is 16.6. The second-order valence-corrected chi connectivity index (χ2v) is 6.54. The van der Waals surface area contributed by atoms with Crippen molar-refractivity contribution in [3.63, 3.8) is 0 Å². The molecule has 1 unspecified atom stereocenters. The van der Waals surface area contributed by atoms with E-state index < -0.39 is 9.84 Å². The molecule has 0 spiro atoms. The fraction of sp³-hybridized carbons (Fsp3) is 0.538. The van der Waals surface area contributed by atoms with Gasteiger partial charge in [-0.05, 0) is 19.2 Å². The van der Waals surface area contributed by atoms with E-state index in [9.17, 15) is 8.42 Å². The summed E-state index contributed by atoms with van der Waals surface area (Å²) in [5, 5.41) is 2.98. The minimum atomic E-state index is -3.13. The van der Waals surface area contributed by atoms with E-state index in [-0.39, 0.29) is 11.8 Å². The van der Waals surface area contributed by atoms with Crippen LogP contribution in [0.3, 0.4) is 0 Å². The Labute approximate surface area is 120 Å². The summed E-state index contributed by atoms with van der Waals surface area (Å²) in [4.78, 5) is 0. The Morgan fingerprint density at radius 3 is 2.10 bits per heavy atom. The number of hydrogen-bond donors (Lipinski definition) is 1. The summed E-state index contributed by atoms with van der Waals surface area (Å²) in [5.74, 6) is 1.41. The average Bonchev–Trinajstić information content (AvgIpc) is 2.41. The molecule has 0 fully saturated rings. The first-order chi connectivity index (χ1) is 9.37. The zero-order valence-corrected chi connectivity index (χ0v) is 13.2. The van der Waals surface area contributed by atoms with Crippen LogP contribution in [0.1, 0.15) is 11.6 Å². The molecule has 0 heterocycles. The van der Waals surface area contributed by atoms with Crippen molar-refractivity contribution in [1.82, 2.24) is 5.32 Å². The summed E-state index contributed by atoms with van der Waals surface area (Å²) < 4.78 is 38.9. The smallest absolute Gasteiger partial charge is 0.203 e. The number of sulfone groups is 1. The highest BCUT2D eigenvalue weighted by Crippen LogP contribution is 2.42. The third kappa shape index (κ3) is 3.77. The van der Waals surface area contributed by atoms with Crippen molar-refractivity contribution in [2.45, 2.75) is 6.04 Å². The van der Waals surface area contributed by atoms with Crippen molar-refractivity contribution in [2.24, 2.45) is 0 Å². The predicted octanol–water partition coefficient (Wildman–Crippen LogP) is 1.02. The zero-order chi connectivity index (χ0) is 15.3. The van der Waals surface area contributed by atoms with Gasteiger partial charge in [0, 0.05) is 17.9 Å². The molecule has 0 aliphatic carbocycles. The number of methoxy groups -OCH3 is 3. The summed E-state index contributed by atoms with van der Waals surface area (Å²) in [5.41, 5.74) is 0.707. The molecule has 1 aromatic carbocycles. The van der Waals surface area contributed by atoms with E-state index in [0.717, 1.165) is 0 Å². The lowest BCUT2D eigenvalue weighted by Crippen LogP contribution is -2.25. The van der Waals surface area contributed by atoms with Gasteiger partial charge in [0.2, 0.25) is 5.75 Å². The van der Waals surface area contributed by atoms with Gasteiger partial charge < -0.3 is 19.5 Å². The van der Waals surface area contributed by atoms with Crippen LogP contribution in [-0.2, 0) is 9.84 Å². The van der Waals surface area contributed by atoms with Crippen LogP contribution in [-0.4, -0.2) is 48.8 Å².